The first-order chi connectivity index (χ1) is 6.23. The summed E-state index contributed by atoms with van der Waals surface area (Å²) in [5.41, 5.74) is 0. The molecule has 0 aromatic carbocycles. The second kappa shape index (κ2) is 3.27. The van der Waals surface area contributed by atoms with E-state index < -0.39 is 11.8 Å². The van der Waals surface area contributed by atoms with Crippen LogP contribution >= 0.6 is 0 Å². The molecule has 1 spiro atoms. The predicted octanol–water partition coefficient (Wildman–Crippen LogP) is 1.00. The van der Waals surface area contributed by atoms with Crippen LogP contribution < -0.4 is 0 Å². The number of aliphatic carboxylic acids is 1. The number of rotatable bonds is 2. The number of hydrogen-bond donors (Lipinski definition) is 1. The predicted molar refractivity (Wildman–Crippen MR) is 44.2 cm³/mol. The summed E-state index contributed by atoms with van der Waals surface area (Å²) < 4.78 is 11.1. The maximum absolute atomic E-state index is 10.6. The summed E-state index contributed by atoms with van der Waals surface area (Å²) in [5, 5.41) is 8.71. The van der Waals surface area contributed by atoms with E-state index in [4.69, 9.17) is 14.6 Å². The van der Waals surface area contributed by atoms with Crippen LogP contribution in [0.5, 0.6) is 0 Å². The van der Waals surface area contributed by atoms with Gasteiger partial charge < -0.3 is 14.6 Å². The second-order valence-electron chi connectivity index (χ2n) is 3.70. The Morgan fingerprint density at radius 3 is 2.77 bits per heavy atom. The van der Waals surface area contributed by atoms with E-state index >= 15 is 0 Å². The molecule has 2 fully saturated rings. The minimum Gasteiger partial charge on any atom is -0.481 e. The van der Waals surface area contributed by atoms with Gasteiger partial charge in [0.25, 0.3) is 0 Å². The smallest absolute Gasteiger partial charge is 0.303 e. The van der Waals surface area contributed by atoms with E-state index in [0.717, 1.165) is 19.3 Å². The van der Waals surface area contributed by atoms with E-state index in [-0.39, 0.29) is 12.3 Å². The van der Waals surface area contributed by atoms with Crippen molar-refractivity contribution in [2.75, 3.05) is 13.2 Å². The van der Waals surface area contributed by atoms with Crippen LogP contribution in [0.4, 0.5) is 0 Å². The van der Waals surface area contributed by atoms with Crippen molar-refractivity contribution in [2.24, 2.45) is 5.92 Å². The lowest BCUT2D eigenvalue weighted by Crippen LogP contribution is -2.35. The minimum atomic E-state index is -0.759. The molecule has 1 aliphatic heterocycles. The summed E-state index contributed by atoms with van der Waals surface area (Å²) in [7, 11) is 0. The first-order valence-electron chi connectivity index (χ1n) is 4.73. The molecule has 13 heavy (non-hydrogen) atoms. The minimum absolute atomic E-state index is 0.0486. The molecule has 1 atom stereocenters. The highest BCUT2D eigenvalue weighted by Crippen LogP contribution is 2.43. The fourth-order valence-corrected chi connectivity index (χ4v) is 2.34. The van der Waals surface area contributed by atoms with Crippen molar-refractivity contribution < 1.29 is 19.4 Å². The second-order valence-corrected chi connectivity index (χ2v) is 3.70. The largest absolute Gasteiger partial charge is 0.481 e. The first-order valence-corrected chi connectivity index (χ1v) is 4.73. The monoisotopic (exact) mass is 186 g/mol. The van der Waals surface area contributed by atoms with Gasteiger partial charge in [0.1, 0.15) is 0 Å². The van der Waals surface area contributed by atoms with Gasteiger partial charge in [0.15, 0.2) is 5.79 Å². The molecule has 0 aromatic heterocycles. The van der Waals surface area contributed by atoms with E-state index in [0.29, 0.717) is 13.2 Å². The maximum atomic E-state index is 10.6. The Morgan fingerprint density at radius 2 is 2.15 bits per heavy atom. The fraction of sp³-hybridized carbons (Fsp3) is 0.889. The third-order valence-corrected chi connectivity index (χ3v) is 2.90. The van der Waals surface area contributed by atoms with Gasteiger partial charge in [-0.3, -0.25) is 4.79 Å². The number of hydrogen-bond acceptors (Lipinski definition) is 3. The lowest BCUT2D eigenvalue weighted by molar-refractivity contribution is -0.186. The Morgan fingerprint density at radius 1 is 1.46 bits per heavy atom. The number of carboxylic acid groups (broad SMARTS) is 1. The van der Waals surface area contributed by atoms with E-state index in [1.54, 1.807) is 0 Å². The van der Waals surface area contributed by atoms with Crippen molar-refractivity contribution in [1.29, 1.82) is 0 Å². The highest BCUT2D eigenvalue weighted by atomic mass is 16.7. The highest BCUT2D eigenvalue weighted by molar-refractivity contribution is 5.67. The lowest BCUT2D eigenvalue weighted by atomic mass is 9.98. The van der Waals surface area contributed by atoms with Crippen LogP contribution in [-0.2, 0) is 14.3 Å². The molecule has 0 radical (unpaired) electrons. The van der Waals surface area contributed by atoms with E-state index in [1.165, 1.54) is 0 Å². The number of carboxylic acids is 1. The van der Waals surface area contributed by atoms with Crippen molar-refractivity contribution in [3.05, 3.63) is 0 Å². The summed E-state index contributed by atoms with van der Waals surface area (Å²) in [5.74, 6) is -1.25. The normalized spacial score (nSPS) is 31.2. The Kier molecular flexibility index (Phi) is 2.26. The third-order valence-electron chi connectivity index (χ3n) is 2.90. The summed E-state index contributed by atoms with van der Waals surface area (Å²) in [6.07, 6.45) is 2.94. The van der Waals surface area contributed by atoms with Crippen LogP contribution in [0, 0.1) is 5.92 Å². The summed E-state index contributed by atoms with van der Waals surface area (Å²) >= 11 is 0. The van der Waals surface area contributed by atoms with Crippen molar-refractivity contribution in [3.8, 4) is 0 Å². The average Bonchev–Trinajstić information content (AvgIpc) is 2.64. The molecule has 1 unspecified atom stereocenters. The number of ether oxygens (including phenoxy) is 2. The Bertz CT molecular complexity index is 202. The SMILES string of the molecule is O=C(O)CC1CCCC12OCCO2. The van der Waals surface area contributed by atoms with Crippen molar-refractivity contribution >= 4 is 5.97 Å². The van der Waals surface area contributed by atoms with Crippen molar-refractivity contribution in [3.63, 3.8) is 0 Å². The van der Waals surface area contributed by atoms with Gasteiger partial charge in [-0.05, 0) is 12.8 Å². The molecule has 4 nitrogen and oxygen atoms in total. The summed E-state index contributed by atoms with van der Waals surface area (Å²) in [4.78, 5) is 10.6. The molecule has 0 aromatic rings. The molecule has 1 N–H and O–H groups in total. The number of carbonyl (C=O) groups is 1. The molecular weight excluding hydrogens is 172 g/mol. The van der Waals surface area contributed by atoms with Crippen molar-refractivity contribution in [2.45, 2.75) is 31.5 Å². The van der Waals surface area contributed by atoms with Gasteiger partial charge >= 0.3 is 5.97 Å². The van der Waals surface area contributed by atoms with Crippen molar-refractivity contribution in [1.82, 2.24) is 0 Å². The zero-order valence-electron chi connectivity index (χ0n) is 7.49. The average molecular weight is 186 g/mol. The van der Waals surface area contributed by atoms with Gasteiger partial charge in [0.05, 0.1) is 19.6 Å². The quantitative estimate of drug-likeness (QED) is 0.699. The molecule has 74 valence electrons. The molecule has 0 bridgehead atoms. The van der Waals surface area contributed by atoms with E-state index in [9.17, 15) is 4.79 Å². The zero-order chi connectivity index (χ0) is 9.31. The topological polar surface area (TPSA) is 55.8 Å². The third kappa shape index (κ3) is 1.56. The van der Waals surface area contributed by atoms with Gasteiger partial charge in [-0.25, -0.2) is 0 Å². The summed E-state index contributed by atoms with van der Waals surface area (Å²) in [6, 6.07) is 0. The lowest BCUT2D eigenvalue weighted by Gasteiger charge is -2.28. The van der Waals surface area contributed by atoms with Crippen LogP contribution in [0.25, 0.3) is 0 Å². The standard InChI is InChI=1S/C9H14O4/c10-8(11)6-7-2-1-3-9(7)12-4-5-13-9/h7H,1-6H2,(H,10,11). The van der Waals surface area contributed by atoms with Gasteiger partial charge in [-0.2, -0.15) is 0 Å². The molecule has 1 heterocycles. The van der Waals surface area contributed by atoms with E-state index in [2.05, 4.69) is 0 Å². The molecule has 1 aliphatic carbocycles. The first kappa shape index (κ1) is 8.97. The molecule has 0 amide bonds. The highest BCUT2D eigenvalue weighted by Gasteiger charge is 2.48. The van der Waals surface area contributed by atoms with Gasteiger partial charge in [0.2, 0.25) is 0 Å². The molecule has 1 saturated carbocycles. The van der Waals surface area contributed by atoms with Gasteiger partial charge in [0, 0.05) is 12.3 Å². The van der Waals surface area contributed by atoms with Crippen LogP contribution in [-0.4, -0.2) is 30.1 Å². The molecular formula is C9H14O4. The Hall–Kier alpha value is -0.610. The van der Waals surface area contributed by atoms with Gasteiger partial charge in [-0.1, -0.05) is 0 Å². The summed E-state index contributed by atoms with van der Waals surface area (Å²) in [6.45, 7) is 1.21. The van der Waals surface area contributed by atoms with Crippen LogP contribution in [0.1, 0.15) is 25.7 Å². The van der Waals surface area contributed by atoms with Crippen LogP contribution in [0.15, 0.2) is 0 Å². The molecule has 2 aliphatic rings. The maximum Gasteiger partial charge on any atom is 0.303 e. The Balaban J connectivity index is 2.04. The molecule has 1 saturated heterocycles. The fourth-order valence-electron chi connectivity index (χ4n) is 2.34. The van der Waals surface area contributed by atoms with Crippen LogP contribution in [0.2, 0.25) is 0 Å². The Labute approximate surface area is 76.8 Å². The molecule has 2 rings (SSSR count). The van der Waals surface area contributed by atoms with Gasteiger partial charge in [-0.15, -0.1) is 0 Å². The zero-order valence-corrected chi connectivity index (χ0v) is 7.49. The van der Waals surface area contributed by atoms with Crippen LogP contribution in [0.3, 0.4) is 0 Å². The molecule has 4 heteroatoms. The van der Waals surface area contributed by atoms with E-state index in [1.807, 2.05) is 0 Å².